The van der Waals surface area contributed by atoms with E-state index in [-0.39, 0.29) is 5.82 Å². The Balaban J connectivity index is 2.34. The molecule has 0 amide bonds. The van der Waals surface area contributed by atoms with E-state index < -0.39 is 17.8 Å². The van der Waals surface area contributed by atoms with Crippen molar-refractivity contribution >= 4 is 27.6 Å². The first-order chi connectivity index (χ1) is 10.0. The van der Waals surface area contributed by atoms with Gasteiger partial charge < -0.3 is 10.1 Å². The van der Waals surface area contributed by atoms with Crippen molar-refractivity contribution in [2.24, 2.45) is 0 Å². The SMILES string of the molecule is COC(=O)C(Nc1ccc(F)cc1)c1ccc(F)cc1Br. The molecule has 0 saturated carbocycles. The normalized spacial score (nSPS) is 11.8. The molecule has 1 N–H and O–H groups in total. The van der Waals surface area contributed by atoms with Gasteiger partial charge in [-0.15, -0.1) is 0 Å². The van der Waals surface area contributed by atoms with Crippen LogP contribution in [0.5, 0.6) is 0 Å². The lowest BCUT2D eigenvalue weighted by atomic mass is 10.1. The van der Waals surface area contributed by atoms with Crippen LogP contribution in [0.25, 0.3) is 0 Å². The summed E-state index contributed by atoms with van der Waals surface area (Å²) in [5.41, 5.74) is 1.07. The molecule has 0 aliphatic carbocycles. The topological polar surface area (TPSA) is 38.3 Å². The molecule has 2 rings (SSSR count). The number of nitrogens with one attached hydrogen (secondary N) is 1. The monoisotopic (exact) mass is 355 g/mol. The molecule has 0 bridgehead atoms. The van der Waals surface area contributed by atoms with Gasteiger partial charge in [0.15, 0.2) is 6.04 Å². The second-order valence-electron chi connectivity index (χ2n) is 4.27. The second-order valence-corrected chi connectivity index (χ2v) is 5.13. The van der Waals surface area contributed by atoms with Gasteiger partial charge in [0.05, 0.1) is 7.11 Å². The number of hydrogen-bond donors (Lipinski definition) is 1. The number of anilines is 1. The molecule has 0 heterocycles. The molecule has 0 aromatic heterocycles. The van der Waals surface area contributed by atoms with Crippen LogP contribution in [0.3, 0.4) is 0 Å². The van der Waals surface area contributed by atoms with Crippen molar-refractivity contribution in [1.29, 1.82) is 0 Å². The van der Waals surface area contributed by atoms with Gasteiger partial charge in [-0.05, 0) is 42.0 Å². The van der Waals surface area contributed by atoms with Crippen molar-refractivity contribution in [3.8, 4) is 0 Å². The number of hydrogen-bond acceptors (Lipinski definition) is 3. The minimum atomic E-state index is -0.838. The number of esters is 1. The molecule has 0 spiro atoms. The lowest BCUT2D eigenvalue weighted by Crippen LogP contribution is -2.22. The summed E-state index contributed by atoms with van der Waals surface area (Å²) >= 11 is 3.22. The Morgan fingerprint density at radius 3 is 2.33 bits per heavy atom. The number of carbonyl (C=O) groups excluding carboxylic acids is 1. The first kappa shape index (κ1) is 15.4. The lowest BCUT2D eigenvalue weighted by molar-refractivity contribution is -0.141. The highest BCUT2D eigenvalue weighted by molar-refractivity contribution is 9.10. The smallest absolute Gasteiger partial charge is 0.333 e. The van der Waals surface area contributed by atoms with E-state index in [4.69, 9.17) is 4.74 Å². The van der Waals surface area contributed by atoms with Gasteiger partial charge in [-0.25, -0.2) is 13.6 Å². The van der Waals surface area contributed by atoms with Crippen LogP contribution in [0, 0.1) is 11.6 Å². The van der Waals surface area contributed by atoms with Crippen molar-refractivity contribution < 1.29 is 18.3 Å². The number of benzene rings is 2. The third-order valence-corrected chi connectivity index (χ3v) is 3.55. The van der Waals surface area contributed by atoms with E-state index in [0.717, 1.165) is 0 Å². The Bertz CT molecular complexity index is 647. The first-order valence-electron chi connectivity index (χ1n) is 6.06. The van der Waals surface area contributed by atoms with E-state index in [1.807, 2.05) is 0 Å². The molecule has 3 nitrogen and oxygen atoms in total. The molecule has 0 radical (unpaired) electrons. The summed E-state index contributed by atoms with van der Waals surface area (Å²) in [6, 6.07) is 8.71. The Labute approximate surface area is 129 Å². The summed E-state index contributed by atoms with van der Waals surface area (Å²) in [7, 11) is 1.26. The fourth-order valence-corrected chi connectivity index (χ4v) is 2.41. The zero-order chi connectivity index (χ0) is 15.4. The van der Waals surface area contributed by atoms with Gasteiger partial charge in [0.1, 0.15) is 11.6 Å². The Hall–Kier alpha value is -1.95. The Kier molecular flexibility index (Phi) is 4.90. The number of rotatable bonds is 4. The molecule has 1 unspecified atom stereocenters. The van der Waals surface area contributed by atoms with Crippen molar-refractivity contribution in [1.82, 2.24) is 0 Å². The Morgan fingerprint density at radius 1 is 1.14 bits per heavy atom. The second kappa shape index (κ2) is 6.67. The summed E-state index contributed by atoms with van der Waals surface area (Å²) in [5.74, 6) is -1.33. The molecule has 1 atom stereocenters. The van der Waals surface area contributed by atoms with Gasteiger partial charge in [-0.2, -0.15) is 0 Å². The fraction of sp³-hybridized carbons (Fsp3) is 0.133. The van der Waals surface area contributed by atoms with E-state index in [1.165, 1.54) is 49.6 Å². The molecular formula is C15H12BrF2NO2. The highest BCUT2D eigenvalue weighted by atomic mass is 79.9. The van der Waals surface area contributed by atoms with Crippen molar-refractivity contribution in [3.05, 3.63) is 64.1 Å². The van der Waals surface area contributed by atoms with Gasteiger partial charge in [-0.1, -0.05) is 22.0 Å². The fourth-order valence-electron chi connectivity index (χ4n) is 1.83. The van der Waals surface area contributed by atoms with E-state index in [9.17, 15) is 13.6 Å². The molecule has 6 heteroatoms. The van der Waals surface area contributed by atoms with Crippen molar-refractivity contribution in [3.63, 3.8) is 0 Å². The minimum Gasteiger partial charge on any atom is -0.467 e. The standard InChI is InChI=1S/C15H12BrF2NO2/c1-21-15(20)14(12-7-4-10(18)8-13(12)16)19-11-5-2-9(17)3-6-11/h2-8,14,19H,1H3. The molecule has 0 fully saturated rings. The van der Waals surface area contributed by atoms with Crippen molar-refractivity contribution in [2.75, 3.05) is 12.4 Å². The van der Waals surface area contributed by atoms with Crippen LogP contribution in [0.2, 0.25) is 0 Å². The molecule has 2 aromatic rings. The summed E-state index contributed by atoms with van der Waals surface area (Å²) in [6.45, 7) is 0. The molecule has 0 saturated heterocycles. The lowest BCUT2D eigenvalue weighted by Gasteiger charge is -2.19. The van der Waals surface area contributed by atoms with E-state index >= 15 is 0 Å². The van der Waals surface area contributed by atoms with Gasteiger partial charge >= 0.3 is 5.97 Å². The molecule has 2 aromatic carbocycles. The average Bonchev–Trinajstić information content (AvgIpc) is 2.47. The molecule has 110 valence electrons. The maximum atomic E-state index is 13.2. The quantitative estimate of drug-likeness (QED) is 0.840. The summed E-state index contributed by atoms with van der Waals surface area (Å²) < 4.78 is 31.3. The number of carbonyl (C=O) groups is 1. The molecular weight excluding hydrogens is 344 g/mol. The molecule has 0 aliphatic rings. The van der Waals surface area contributed by atoms with Crippen LogP contribution in [0.15, 0.2) is 46.9 Å². The van der Waals surface area contributed by atoms with Gasteiger partial charge in [0.25, 0.3) is 0 Å². The highest BCUT2D eigenvalue weighted by Gasteiger charge is 2.23. The molecule has 0 aliphatic heterocycles. The predicted octanol–water partition coefficient (Wildman–Crippen LogP) is 4.05. The van der Waals surface area contributed by atoms with E-state index in [0.29, 0.717) is 15.7 Å². The van der Waals surface area contributed by atoms with Crippen LogP contribution in [0.4, 0.5) is 14.5 Å². The average molecular weight is 356 g/mol. The maximum absolute atomic E-state index is 13.2. The summed E-state index contributed by atoms with van der Waals surface area (Å²) in [4.78, 5) is 11.9. The number of halogens is 3. The third-order valence-electron chi connectivity index (χ3n) is 2.87. The largest absolute Gasteiger partial charge is 0.467 e. The first-order valence-corrected chi connectivity index (χ1v) is 6.85. The predicted molar refractivity (Wildman–Crippen MR) is 78.9 cm³/mol. The molecule has 21 heavy (non-hydrogen) atoms. The van der Waals surface area contributed by atoms with Crippen LogP contribution < -0.4 is 5.32 Å². The zero-order valence-corrected chi connectivity index (χ0v) is 12.7. The van der Waals surface area contributed by atoms with E-state index in [2.05, 4.69) is 21.2 Å². The number of methoxy groups -OCH3 is 1. The van der Waals surface area contributed by atoms with Gasteiger partial charge in [0, 0.05) is 10.2 Å². The van der Waals surface area contributed by atoms with Crippen LogP contribution in [0.1, 0.15) is 11.6 Å². The summed E-state index contributed by atoms with van der Waals surface area (Å²) in [5, 5.41) is 2.94. The maximum Gasteiger partial charge on any atom is 0.333 e. The highest BCUT2D eigenvalue weighted by Crippen LogP contribution is 2.28. The third kappa shape index (κ3) is 3.78. The van der Waals surface area contributed by atoms with Crippen molar-refractivity contribution in [2.45, 2.75) is 6.04 Å². The van der Waals surface area contributed by atoms with Crippen LogP contribution >= 0.6 is 15.9 Å². The van der Waals surface area contributed by atoms with Crippen LogP contribution in [-0.4, -0.2) is 13.1 Å². The Morgan fingerprint density at radius 2 is 1.76 bits per heavy atom. The van der Waals surface area contributed by atoms with Gasteiger partial charge in [-0.3, -0.25) is 0 Å². The summed E-state index contributed by atoms with van der Waals surface area (Å²) in [6.07, 6.45) is 0. The van der Waals surface area contributed by atoms with E-state index in [1.54, 1.807) is 0 Å². The van der Waals surface area contributed by atoms with Crippen LogP contribution in [-0.2, 0) is 9.53 Å². The zero-order valence-electron chi connectivity index (χ0n) is 11.1. The van der Waals surface area contributed by atoms with Gasteiger partial charge in [0.2, 0.25) is 0 Å². The number of ether oxygens (including phenoxy) is 1. The minimum absolute atomic E-state index is 0.377.